The zero-order valence-corrected chi connectivity index (χ0v) is 64.1. The first-order chi connectivity index (χ1) is 48.7. The number of carbonyl (C=O) groups excluding carboxylic acids is 4. The van der Waals surface area contributed by atoms with Crippen LogP contribution in [0.3, 0.4) is 0 Å². The molecule has 0 aromatic carbocycles. The van der Waals surface area contributed by atoms with Gasteiger partial charge < -0.3 is 33.8 Å². The van der Waals surface area contributed by atoms with Crippen molar-refractivity contribution in [1.29, 1.82) is 0 Å². The lowest BCUT2D eigenvalue weighted by atomic mass is 10.0. The number of unbranched alkanes of at least 4 members (excludes halogenated alkanes) is 25. The van der Waals surface area contributed by atoms with Crippen LogP contribution in [0.15, 0.2) is 134 Å². The number of phosphoric acid groups is 2. The molecule has 0 aliphatic carbocycles. The lowest BCUT2D eigenvalue weighted by molar-refractivity contribution is -0.161. The van der Waals surface area contributed by atoms with E-state index in [0.717, 1.165) is 116 Å². The maximum atomic E-state index is 13.1. The number of hydrogen-bond donors (Lipinski definition) is 3. The maximum Gasteiger partial charge on any atom is 0.472 e. The van der Waals surface area contributed by atoms with Crippen LogP contribution in [0.4, 0.5) is 0 Å². The lowest BCUT2D eigenvalue weighted by Crippen LogP contribution is -2.30. The summed E-state index contributed by atoms with van der Waals surface area (Å²) in [4.78, 5) is 72.7. The number of aliphatic hydroxyl groups is 1. The minimum Gasteiger partial charge on any atom is -0.462 e. The van der Waals surface area contributed by atoms with Crippen molar-refractivity contribution in [3.63, 3.8) is 0 Å². The first-order valence-electron chi connectivity index (χ1n) is 38.4. The fraction of sp³-hybridized carbons (Fsp3) is 0.679. The third-order valence-electron chi connectivity index (χ3n) is 15.7. The van der Waals surface area contributed by atoms with Crippen LogP contribution < -0.4 is 0 Å². The summed E-state index contributed by atoms with van der Waals surface area (Å²) in [6.45, 7) is 4.41. The van der Waals surface area contributed by atoms with Crippen molar-refractivity contribution in [2.45, 2.75) is 316 Å². The Labute approximate surface area is 605 Å². The van der Waals surface area contributed by atoms with E-state index in [1.54, 1.807) is 18.2 Å². The standard InChI is InChI=1S/C81H136O17P2/c1-5-9-13-17-21-25-29-33-37-41-45-49-53-57-61-65-78(83)91-71-76(97-80(85)67-63-59-55-51-47-43-39-35-31-27-23-19-15-11-7-3)73-95-99(87,88)93-69-75(82)70-94-100(89,90)96-74-77(98-81(86)68-64-60-56-52-48-44-40-36-32-28-24-20-16-12-8-4)72-92-79(84)66-62-58-54-50-46-42-38-34-30-26-22-18-14-10-6-2/h9,11,13,15,21,23,25,27,33-35,37-39,45,47,49,51,57,59,61,63,75-77,82H,5-8,10,12,14,16-20,22,24,26,28-32,36,40-44,46,48,50,52-56,58,60,62,64-74H2,1-4H3,(H,87,88)(H,89,90)/b13-9-,15-11-,25-21-,27-23-,37-33-,38-34-,39-35-,49-45-,51-47-,61-57-,63-59-. The van der Waals surface area contributed by atoms with Gasteiger partial charge in [0.25, 0.3) is 0 Å². The highest BCUT2D eigenvalue weighted by atomic mass is 31.2. The fourth-order valence-electron chi connectivity index (χ4n) is 9.89. The van der Waals surface area contributed by atoms with Gasteiger partial charge in [-0.3, -0.25) is 37.3 Å². The number of ether oxygens (including phenoxy) is 4. The summed E-state index contributed by atoms with van der Waals surface area (Å²) in [5, 5.41) is 10.6. The Hall–Kier alpha value is -4.80. The molecule has 5 atom stereocenters. The van der Waals surface area contributed by atoms with Crippen molar-refractivity contribution in [3.05, 3.63) is 134 Å². The number of rotatable bonds is 71. The summed E-state index contributed by atoms with van der Waals surface area (Å²) in [6, 6.07) is 0. The Kier molecular flexibility index (Phi) is 69.1. The van der Waals surface area contributed by atoms with Crippen molar-refractivity contribution in [2.24, 2.45) is 0 Å². The van der Waals surface area contributed by atoms with Gasteiger partial charge in [-0.25, -0.2) is 9.13 Å². The maximum absolute atomic E-state index is 13.1. The second-order valence-corrected chi connectivity index (χ2v) is 28.1. The van der Waals surface area contributed by atoms with Gasteiger partial charge in [-0.05, 0) is 103 Å². The molecule has 0 radical (unpaired) electrons. The molecule has 17 nitrogen and oxygen atoms in total. The second kappa shape index (κ2) is 72.5. The number of hydrogen-bond acceptors (Lipinski definition) is 15. The van der Waals surface area contributed by atoms with Crippen LogP contribution in [-0.2, 0) is 65.4 Å². The van der Waals surface area contributed by atoms with Crippen LogP contribution in [0.2, 0.25) is 0 Å². The third kappa shape index (κ3) is 71.6. The average Bonchev–Trinajstić information content (AvgIpc) is 1.01. The molecule has 5 unspecified atom stereocenters. The fourth-order valence-corrected chi connectivity index (χ4v) is 11.5. The summed E-state index contributed by atoms with van der Waals surface area (Å²) in [7, 11) is -10.0. The molecule has 0 aliphatic rings. The highest BCUT2D eigenvalue weighted by Crippen LogP contribution is 2.45. The zero-order valence-electron chi connectivity index (χ0n) is 62.3. The Balaban J connectivity index is 5.49. The molecule has 0 saturated heterocycles. The summed E-state index contributed by atoms with van der Waals surface area (Å²) in [5.41, 5.74) is 0. The van der Waals surface area contributed by atoms with Crippen LogP contribution in [0, 0.1) is 0 Å². The Bertz CT molecular complexity index is 2420. The molecule has 0 fully saturated rings. The highest BCUT2D eigenvalue weighted by molar-refractivity contribution is 7.47. The molecule has 0 amide bonds. The van der Waals surface area contributed by atoms with Crippen LogP contribution in [0.1, 0.15) is 297 Å². The predicted molar refractivity (Wildman–Crippen MR) is 408 cm³/mol. The molecule has 100 heavy (non-hydrogen) atoms. The first kappa shape index (κ1) is 95.2. The average molecular weight is 1440 g/mol. The molecular formula is C81H136O17P2. The van der Waals surface area contributed by atoms with Gasteiger partial charge in [-0.1, -0.05) is 303 Å². The van der Waals surface area contributed by atoms with E-state index in [0.29, 0.717) is 25.7 Å². The topological polar surface area (TPSA) is 237 Å². The number of allylic oxidation sites excluding steroid dienone is 20. The van der Waals surface area contributed by atoms with E-state index in [9.17, 15) is 43.2 Å². The molecule has 0 aromatic rings. The summed E-state index contributed by atoms with van der Waals surface area (Å²) < 4.78 is 68.2. The SMILES string of the molecule is CC/C=C\C/C=C\C/C=C\C/C=C\C/C=C\CC(=O)OCC(COP(=O)(O)OCC(O)COP(=O)(O)OCC(COC(=O)CCCCCCC/C=C\CCCCCCCC)OC(=O)CCCCCCCCCCCCCCCCC)OC(=O)C/C=C\C/C=C\C/C=C\C/C=C\C/C=C\CC. The van der Waals surface area contributed by atoms with Crippen molar-refractivity contribution in [2.75, 3.05) is 39.6 Å². The number of esters is 4. The molecule has 572 valence electrons. The number of carbonyl (C=O) groups is 4. The highest BCUT2D eigenvalue weighted by Gasteiger charge is 2.30. The van der Waals surface area contributed by atoms with Crippen LogP contribution >= 0.6 is 15.6 Å². The predicted octanol–water partition coefficient (Wildman–Crippen LogP) is 22.1. The van der Waals surface area contributed by atoms with E-state index in [4.69, 9.17) is 37.0 Å². The van der Waals surface area contributed by atoms with Gasteiger partial charge in [0, 0.05) is 12.8 Å². The van der Waals surface area contributed by atoms with E-state index in [2.05, 4.69) is 113 Å². The van der Waals surface area contributed by atoms with E-state index in [1.807, 2.05) is 30.4 Å². The quantitative estimate of drug-likeness (QED) is 0.0169. The Morgan fingerprint density at radius 1 is 0.300 bits per heavy atom. The second-order valence-electron chi connectivity index (χ2n) is 25.2. The lowest BCUT2D eigenvalue weighted by Gasteiger charge is -2.21. The van der Waals surface area contributed by atoms with E-state index in [-0.39, 0.29) is 25.7 Å². The van der Waals surface area contributed by atoms with Crippen molar-refractivity contribution >= 4 is 39.5 Å². The first-order valence-corrected chi connectivity index (χ1v) is 41.4. The zero-order chi connectivity index (χ0) is 73.2. The minimum atomic E-state index is -5.02. The molecule has 0 spiro atoms. The van der Waals surface area contributed by atoms with Crippen LogP contribution in [0.25, 0.3) is 0 Å². The minimum absolute atomic E-state index is 0.0903. The van der Waals surface area contributed by atoms with Crippen LogP contribution in [-0.4, -0.2) is 96.7 Å². The smallest absolute Gasteiger partial charge is 0.462 e. The molecule has 0 aromatic heterocycles. The summed E-state index contributed by atoms with van der Waals surface area (Å²) >= 11 is 0. The normalized spacial score (nSPS) is 14.7. The Morgan fingerprint density at radius 3 is 0.920 bits per heavy atom. The van der Waals surface area contributed by atoms with Gasteiger partial charge in [-0.15, -0.1) is 0 Å². The Morgan fingerprint density at radius 2 is 0.570 bits per heavy atom. The molecular weight excluding hydrogens is 1310 g/mol. The monoisotopic (exact) mass is 1440 g/mol. The third-order valence-corrected chi connectivity index (χ3v) is 17.6. The summed E-state index contributed by atoms with van der Waals surface area (Å²) in [6.07, 6.45) is 80.8. The van der Waals surface area contributed by atoms with Crippen molar-refractivity contribution < 1.29 is 80.2 Å². The molecule has 0 bridgehead atoms. The van der Waals surface area contributed by atoms with Crippen molar-refractivity contribution in [3.8, 4) is 0 Å². The van der Waals surface area contributed by atoms with Gasteiger partial charge in [-0.2, -0.15) is 0 Å². The largest absolute Gasteiger partial charge is 0.472 e. The van der Waals surface area contributed by atoms with Gasteiger partial charge in [0.1, 0.15) is 19.3 Å². The van der Waals surface area contributed by atoms with Crippen molar-refractivity contribution in [1.82, 2.24) is 0 Å². The molecule has 0 rings (SSSR count). The van der Waals surface area contributed by atoms with E-state index >= 15 is 0 Å². The molecule has 0 saturated carbocycles. The molecule has 19 heteroatoms. The number of aliphatic hydroxyl groups excluding tert-OH is 1. The molecule has 3 N–H and O–H groups in total. The van der Waals surface area contributed by atoms with Crippen LogP contribution in [0.5, 0.6) is 0 Å². The van der Waals surface area contributed by atoms with E-state index in [1.165, 1.54) is 103 Å². The molecule has 0 aliphatic heterocycles. The van der Waals surface area contributed by atoms with Gasteiger partial charge >= 0.3 is 39.5 Å². The van der Waals surface area contributed by atoms with E-state index < -0.39 is 97.5 Å². The molecule has 0 heterocycles. The van der Waals surface area contributed by atoms with Gasteiger partial charge in [0.05, 0.1) is 39.3 Å². The van der Waals surface area contributed by atoms with Gasteiger partial charge in [0.15, 0.2) is 12.2 Å². The summed E-state index contributed by atoms with van der Waals surface area (Å²) in [5.74, 6) is -2.48. The van der Waals surface area contributed by atoms with Gasteiger partial charge in [0.2, 0.25) is 0 Å². The number of phosphoric ester groups is 2.